The minimum Gasteiger partial charge on any atom is -0.445 e. The van der Waals surface area contributed by atoms with Gasteiger partial charge in [-0.05, 0) is 30.9 Å². The van der Waals surface area contributed by atoms with Crippen LogP contribution >= 0.6 is 11.8 Å². The first-order valence-electron chi connectivity index (χ1n) is 9.82. The highest BCUT2D eigenvalue weighted by Crippen LogP contribution is 2.40. The molecule has 1 saturated heterocycles. The molecule has 1 aliphatic heterocycles. The van der Waals surface area contributed by atoms with E-state index in [1.165, 1.54) is 24.1 Å². The lowest BCUT2D eigenvalue weighted by Crippen LogP contribution is -2.43. The van der Waals surface area contributed by atoms with E-state index in [1.54, 1.807) is 31.3 Å². The van der Waals surface area contributed by atoms with Crippen LogP contribution in [0.4, 0.5) is 4.39 Å². The third kappa shape index (κ3) is 4.67. The zero-order valence-electron chi connectivity index (χ0n) is 16.2. The lowest BCUT2D eigenvalue weighted by atomic mass is 9.93. The molecule has 152 valence electrons. The highest BCUT2D eigenvalue weighted by Gasteiger charge is 2.41. The second kappa shape index (κ2) is 8.63. The zero-order chi connectivity index (χ0) is 20.4. The maximum absolute atomic E-state index is 14.6. The fraction of sp³-hybridized carbons (Fsp3) is 0.409. The lowest BCUT2D eigenvalue weighted by Gasteiger charge is -2.38. The van der Waals surface area contributed by atoms with Gasteiger partial charge in [-0.15, -0.1) is 0 Å². The van der Waals surface area contributed by atoms with E-state index in [4.69, 9.17) is 4.42 Å². The average molecular weight is 415 g/mol. The standard InChI is InChI=1S/C22H23FN2O3S/c1-14(26)29-19-8-10-25(13-16(19)12-20-24-9-11-28-20)21(22(27)15-6-7-15)17-4-2-3-5-18(17)23/h2-5,9,11-12,15,19,21H,6-8,10,13H2,1H3/b16-12-. The van der Waals surface area contributed by atoms with Gasteiger partial charge >= 0.3 is 0 Å². The largest absolute Gasteiger partial charge is 0.445 e. The average Bonchev–Trinajstić information content (AvgIpc) is 3.42. The first-order chi connectivity index (χ1) is 14.0. The Morgan fingerprint density at radius 1 is 1.31 bits per heavy atom. The van der Waals surface area contributed by atoms with Gasteiger partial charge in [0.1, 0.15) is 12.1 Å². The number of Topliss-reactive ketones (excluding diaryl/α,β-unsaturated/α-hetero) is 1. The molecule has 1 aliphatic carbocycles. The van der Waals surface area contributed by atoms with Crippen molar-refractivity contribution in [3.05, 3.63) is 59.6 Å². The third-order valence-electron chi connectivity index (χ3n) is 5.36. The summed E-state index contributed by atoms with van der Waals surface area (Å²) in [6.45, 7) is 2.63. The van der Waals surface area contributed by atoms with E-state index in [-0.39, 0.29) is 27.9 Å². The molecule has 2 aliphatic rings. The highest BCUT2D eigenvalue weighted by atomic mass is 32.2. The lowest BCUT2D eigenvalue weighted by molar-refractivity contribution is -0.126. The molecule has 2 atom stereocenters. The molecule has 2 fully saturated rings. The molecule has 7 heteroatoms. The van der Waals surface area contributed by atoms with E-state index in [2.05, 4.69) is 4.98 Å². The summed E-state index contributed by atoms with van der Waals surface area (Å²) in [5, 5.41) is 0.0365. The van der Waals surface area contributed by atoms with Crippen molar-refractivity contribution in [2.45, 2.75) is 37.5 Å². The molecule has 29 heavy (non-hydrogen) atoms. The number of thioether (sulfide) groups is 1. The van der Waals surface area contributed by atoms with E-state index in [0.717, 1.165) is 18.4 Å². The quantitative estimate of drug-likeness (QED) is 0.703. The number of hydrogen-bond donors (Lipinski definition) is 0. The number of oxazole rings is 1. The predicted molar refractivity (Wildman–Crippen MR) is 110 cm³/mol. The Hall–Kier alpha value is -2.25. The Bertz CT molecular complexity index is 924. The molecule has 2 heterocycles. The monoisotopic (exact) mass is 414 g/mol. The molecule has 4 rings (SSSR count). The number of ketones is 1. The summed E-state index contributed by atoms with van der Waals surface area (Å²) < 4.78 is 20.0. The maximum atomic E-state index is 14.6. The van der Waals surface area contributed by atoms with Crippen molar-refractivity contribution in [1.82, 2.24) is 9.88 Å². The fourth-order valence-corrected chi connectivity index (χ4v) is 4.78. The van der Waals surface area contributed by atoms with Gasteiger partial charge in [0.05, 0.1) is 12.2 Å². The minimum absolute atomic E-state index is 0.00653. The molecule has 1 saturated carbocycles. The molecule has 5 nitrogen and oxygen atoms in total. The van der Waals surface area contributed by atoms with Crippen LogP contribution in [0.1, 0.15) is 43.7 Å². The van der Waals surface area contributed by atoms with Crippen LogP contribution in [-0.2, 0) is 9.59 Å². The number of halogens is 1. The van der Waals surface area contributed by atoms with Crippen LogP contribution in [0.2, 0.25) is 0 Å². The van der Waals surface area contributed by atoms with Gasteiger partial charge in [-0.3, -0.25) is 14.5 Å². The van der Waals surface area contributed by atoms with E-state index in [0.29, 0.717) is 31.0 Å². The van der Waals surface area contributed by atoms with E-state index in [9.17, 15) is 14.0 Å². The van der Waals surface area contributed by atoms with Gasteiger partial charge in [0.2, 0.25) is 5.89 Å². The highest BCUT2D eigenvalue weighted by molar-refractivity contribution is 8.14. The molecule has 0 bridgehead atoms. The van der Waals surface area contributed by atoms with Crippen molar-refractivity contribution >= 4 is 28.7 Å². The van der Waals surface area contributed by atoms with Crippen molar-refractivity contribution < 1.29 is 18.4 Å². The Labute approximate surface area is 173 Å². The molecule has 0 amide bonds. The molecule has 1 aromatic carbocycles. The van der Waals surface area contributed by atoms with Crippen molar-refractivity contribution in [3.63, 3.8) is 0 Å². The first-order valence-corrected chi connectivity index (χ1v) is 10.7. The Balaban J connectivity index is 1.66. The van der Waals surface area contributed by atoms with Gasteiger partial charge in [-0.25, -0.2) is 9.37 Å². The molecule has 0 N–H and O–H groups in total. The summed E-state index contributed by atoms with van der Waals surface area (Å²) in [7, 11) is 0. The number of rotatable bonds is 6. The summed E-state index contributed by atoms with van der Waals surface area (Å²) >= 11 is 1.28. The predicted octanol–water partition coefficient (Wildman–Crippen LogP) is 4.27. The van der Waals surface area contributed by atoms with Crippen LogP contribution in [0, 0.1) is 11.7 Å². The molecule has 2 unspecified atom stereocenters. The van der Waals surface area contributed by atoms with Crippen molar-refractivity contribution in [1.29, 1.82) is 0 Å². The Kier molecular flexibility index (Phi) is 5.96. The van der Waals surface area contributed by atoms with Crippen LogP contribution in [-0.4, -0.2) is 39.1 Å². The third-order valence-corrected chi connectivity index (χ3v) is 6.52. The van der Waals surface area contributed by atoms with Gasteiger partial charge < -0.3 is 4.42 Å². The summed E-state index contributed by atoms with van der Waals surface area (Å²) in [6, 6.07) is 5.91. The summed E-state index contributed by atoms with van der Waals surface area (Å²) in [5.74, 6) is 0.211. The normalized spacial score (nSPS) is 22.6. The molecular weight excluding hydrogens is 391 g/mol. The smallest absolute Gasteiger partial charge is 0.218 e. The van der Waals surface area contributed by atoms with Crippen LogP contribution in [0.5, 0.6) is 0 Å². The van der Waals surface area contributed by atoms with Crippen LogP contribution in [0.25, 0.3) is 6.08 Å². The summed E-state index contributed by atoms with van der Waals surface area (Å²) in [6.07, 6.45) is 7.35. The Morgan fingerprint density at radius 2 is 2.10 bits per heavy atom. The van der Waals surface area contributed by atoms with Crippen LogP contribution in [0.15, 0.2) is 46.7 Å². The number of benzene rings is 1. The van der Waals surface area contributed by atoms with Gasteiger partial charge in [0.15, 0.2) is 10.9 Å². The minimum atomic E-state index is -0.611. The van der Waals surface area contributed by atoms with Crippen molar-refractivity contribution in [3.8, 4) is 0 Å². The summed E-state index contributed by atoms with van der Waals surface area (Å²) in [5.41, 5.74) is 1.39. The van der Waals surface area contributed by atoms with Gasteiger partial charge in [0, 0.05) is 42.8 Å². The second-order valence-corrected chi connectivity index (χ2v) is 8.93. The van der Waals surface area contributed by atoms with Crippen molar-refractivity contribution in [2.24, 2.45) is 5.92 Å². The Morgan fingerprint density at radius 3 is 2.76 bits per heavy atom. The molecule has 0 spiro atoms. The number of piperidine rings is 1. The fourth-order valence-electron chi connectivity index (χ4n) is 3.86. The van der Waals surface area contributed by atoms with Crippen molar-refractivity contribution in [2.75, 3.05) is 13.1 Å². The zero-order valence-corrected chi connectivity index (χ0v) is 17.0. The van der Waals surface area contributed by atoms with E-state index in [1.807, 2.05) is 11.0 Å². The van der Waals surface area contributed by atoms with Gasteiger partial charge in [0.25, 0.3) is 0 Å². The van der Waals surface area contributed by atoms with Crippen LogP contribution < -0.4 is 0 Å². The number of carbonyl (C=O) groups is 2. The number of carbonyl (C=O) groups excluding carboxylic acids is 2. The maximum Gasteiger partial charge on any atom is 0.218 e. The van der Waals surface area contributed by atoms with Gasteiger partial charge in [-0.2, -0.15) is 0 Å². The molecule has 2 aromatic rings. The molecule has 1 aromatic heterocycles. The first kappa shape index (κ1) is 20.0. The molecule has 0 radical (unpaired) electrons. The van der Waals surface area contributed by atoms with Crippen LogP contribution in [0.3, 0.4) is 0 Å². The second-order valence-electron chi connectivity index (χ2n) is 7.55. The van der Waals surface area contributed by atoms with E-state index >= 15 is 0 Å². The number of aromatic nitrogens is 1. The SMILES string of the molecule is CC(=O)SC1CCN(C(C(=O)C2CC2)c2ccccc2F)C/C1=C/c1ncco1. The number of hydrogen-bond acceptors (Lipinski definition) is 6. The number of nitrogens with zero attached hydrogens (tertiary/aromatic N) is 2. The van der Waals surface area contributed by atoms with E-state index < -0.39 is 6.04 Å². The summed E-state index contributed by atoms with van der Waals surface area (Å²) in [4.78, 5) is 31.0. The topological polar surface area (TPSA) is 63.4 Å². The molecular formula is C22H23FN2O3S. The van der Waals surface area contributed by atoms with Gasteiger partial charge in [-0.1, -0.05) is 30.0 Å². The number of likely N-dealkylation sites (tertiary alicyclic amines) is 1.